The van der Waals surface area contributed by atoms with Crippen LogP contribution in [0.25, 0.3) is 4.98 Å². The molecule has 2 N–H and O–H groups in total. The quantitative estimate of drug-likeness (QED) is 0.624. The molecule has 1 atom stereocenters. The van der Waals surface area contributed by atoms with Crippen molar-refractivity contribution in [3.05, 3.63) is 46.8 Å². The lowest BCUT2D eigenvalue weighted by Gasteiger charge is -2.18. The first-order valence-electron chi connectivity index (χ1n) is 6.58. The molecule has 0 heterocycles. The molecule has 0 unspecified atom stereocenters. The molecule has 0 aliphatic carbocycles. The molecule has 0 radical (unpaired) electrons. The van der Waals surface area contributed by atoms with Crippen molar-refractivity contribution in [2.24, 2.45) is 5.92 Å². The van der Waals surface area contributed by atoms with Gasteiger partial charge in [-0.25, -0.2) is 13.1 Å². The summed E-state index contributed by atoms with van der Waals surface area (Å²) in [4.78, 5) is 2.85. The monoisotopic (exact) mass is 310 g/mol. The Kier molecular flexibility index (Phi) is 5.88. The van der Waals surface area contributed by atoms with E-state index < -0.39 is 16.1 Å². The van der Waals surface area contributed by atoms with Crippen LogP contribution in [0.3, 0.4) is 0 Å². The largest absolute Gasteiger partial charge is 0.504 e. The third kappa shape index (κ3) is 5.17. The van der Waals surface area contributed by atoms with Gasteiger partial charge in [0.25, 0.3) is 0 Å². The number of sulfonamides is 1. The van der Waals surface area contributed by atoms with Gasteiger partial charge in [0.2, 0.25) is 15.4 Å². The minimum Gasteiger partial charge on any atom is -0.504 e. The van der Waals surface area contributed by atoms with E-state index in [1.54, 1.807) is 12.1 Å². The minimum absolute atomic E-state index is 0.121. The van der Waals surface area contributed by atoms with Crippen LogP contribution >= 0.6 is 0 Å². The number of diazo groups is 1. The zero-order valence-electron chi connectivity index (χ0n) is 12.3. The molecule has 0 aromatic heterocycles. The molecule has 1 aromatic rings. The van der Waals surface area contributed by atoms with Crippen molar-refractivity contribution in [1.29, 1.82) is 5.39 Å². The average Bonchev–Trinajstić information content (AvgIpc) is 2.38. The van der Waals surface area contributed by atoms with E-state index in [9.17, 15) is 13.5 Å². The summed E-state index contributed by atoms with van der Waals surface area (Å²) in [5.41, 5.74) is 0.953. The molecule has 0 saturated heterocycles. The van der Waals surface area contributed by atoms with Crippen LogP contribution in [0.1, 0.15) is 25.8 Å². The first kappa shape index (κ1) is 17.1. The van der Waals surface area contributed by atoms with E-state index in [-0.39, 0.29) is 16.6 Å². The summed E-state index contributed by atoms with van der Waals surface area (Å²) in [7, 11) is -3.76. The summed E-state index contributed by atoms with van der Waals surface area (Å²) < 4.78 is 27.0. The Morgan fingerprint density at radius 2 is 1.95 bits per heavy atom. The molecular formula is C14H20N3O3S+. The number of aliphatic hydroxyl groups excluding tert-OH is 1. The molecule has 0 amide bonds. The summed E-state index contributed by atoms with van der Waals surface area (Å²) >= 11 is 0. The number of hydrogen-bond donors (Lipinski definition) is 2. The van der Waals surface area contributed by atoms with Crippen LogP contribution in [-0.2, 0) is 10.0 Å². The number of rotatable bonds is 6. The fourth-order valence-electron chi connectivity index (χ4n) is 1.82. The van der Waals surface area contributed by atoms with Crippen molar-refractivity contribution in [3.8, 4) is 0 Å². The van der Waals surface area contributed by atoms with Crippen LogP contribution in [0.2, 0.25) is 0 Å². The second-order valence-electron chi connectivity index (χ2n) is 5.29. The summed E-state index contributed by atoms with van der Waals surface area (Å²) in [6.45, 7) is 5.66. The van der Waals surface area contributed by atoms with E-state index in [2.05, 4.69) is 9.70 Å². The maximum atomic E-state index is 12.3. The van der Waals surface area contributed by atoms with Crippen LogP contribution in [0.4, 0.5) is 0 Å². The highest BCUT2D eigenvalue weighted by Crippen LogP contribution is 2.16. The Bertz CT molecular complexity index is 643. The lowest BCUT2D eigenvalue weighted by molar-refractivity contribution is 0.331. The van der Waals surface area contributed by atoms with Gasteiger partial charge in [-0.3, -0.25) is 0 Å². The predicted octanol–water partition coefficient (Wildman–Crippen LogP) is 2.94. The summed E-state index contributed by atoms with van der Waals surface area (Å²) in [6.07, 6.45) is 1.20. The fourth-order valence-corrected chi connectivity index (χ4v) is 3.04. The average molecular weight is 310 g/mol. The van der Waals surface area contributed by atoms with Crippen molar-refractivity contribution in [1.82, 2.24) is 4.72 Å². The van der Waals surface area contributed by atoms with Gasteiger partial charge in [-0.05, 0) is 31.4 Å². The van der Waals surface area contributed by atoms with Gasteiger partial charge < -0.3 is 5.11 Å². The highest BCUT2D eigenvalue weighted by molar-refractivity contribution is 7.89. The van der Waals surface area contributed by atoms with Gasteiger partial charge in [0.1, 0.15) is 0 Å². The Balaban J connectivity index is 3.04. The third-order valence-electron chi connectivity index (χ3n) is 2.88. The van der Waals surface area contributed by atoms with Crippen LogP contribution in [0, 0.1) is 18.2 Å². The molecule has 7 heteroatoms. The van der Waals surface area contributed by atoms with Crippen LogP contribution in [0.15, 0.2) is 41.1 Å². The molecule has 0 aliphatic rings. The van der Waals surface area contributed by atoms with Crippen molar-refractivity contribution in [2.75, 3.05) is 0 Å². The molecule has 0 saturated carbocycles. The van der Waals surface area contributed by atoms with E-state index in [0.29, 0.717) is 6.42 Å². The summed E-state index contributed by atoms with van der Waals surface area (Å²) in [5, 5.41) is 18.3. The smallest absolute Gasteiger partial charge is 0.389 e. The molecule has 1 aromatic carbocycles. The normalized spacial score (nSPS) is 14.0. The Morgan fingerprint density at radius 3 is 2.43 bits per heavy atom. The fraction of sp³-hybridized carbons (Fsp3) is 0.429. The van der Waals surface area contributed by atoms with Crippen molar-refractivity contribution in [3.63, 3.8) is 0 Å². The zero-order chi connectivity index (χ0) is 16.0. The number of benzene rings is 1. The molecule has 114 valence electrons. The molecule has 0 fully saturated rings. The van der Waals surface area contributed by atoms with Gasteiger partial charge in [-0.1, -0.05) is 31.5 Å². The van der Waals surface area contributed by atoms with Gasteiger partial charge in [-0.2, -0.15) is 0 Å². The maximum absolute atomic E-state index is 12.3. The number of aryl methyl sites for hydroxylation is 1. The van der Waals surface area contributed by atoms with Crippen molar-refractivity contribution < 1.29 is 13.5 Å². The van der Waals surface area contributed by atoms with E-state index in [0.717, 1.165) is 11.8 Å². The molecule has 6 nitrogen and oxygen atoms in total. The Morgan fingerprint density at radius 1 is 1.38 bits per heavy atom. The molecular weight excluding hydrogens is 290 g/mol. The van der Waals surface area contributed by atoms with E-state index >= 15 is 0 Å². The van der Waals surface area contributed by atoms with Crippen molar-refractivity contribution in [2.45, 2.75) is 38.1 Å². The number of aliphatic hydroxyl groups is 1. The molecule has 0 bridgehead atoms. The summed E-state index contributed by atoms with van der Waals surface area (Å²) in [5.74, 6) is -0.188. The van der Waals surface area contributed by atoms with Gasteiger partial charge >= 0.3 is 6.20 Å². The molecule has 0 aliphatic heterocycles. The number of hydrogen-bond acceptors (Lipinski definition) is 4. The number of nitrogens with zero attached hydrogens (tertiary/aromatic N) is 2. The maximum Gasteiger partial charge on any atom is 0.389 e. The zero-order valence-corrected chi connectivity index (χ0v) is 13.1. The molecule has 1 rings (SSSR count). The minimum atomic E-state index is -3.76. The van der Waals surface area contributed by atoms with E-state index in [1.165, 1.54) is 12.1 Å². The standard InChI is InChI=1S/C14H19N3O3S/c1-10(2)8-13(14(18)9-16-15)17-21(19,20)12-6-4-11(3)5-7-12/h4-7,9-10,13,17H,8H2,1-3H3/p+1/b14-9-/t13-/m0/s1. The van der Waals surface area contributed by atoms with Crippen LogP contribution in [-0.4, -0.2) is 19.6 Å². The van der Waals surface area contributed by atoms with Gasteiger partial charge in [0.05, 0.1) is 10.9 Å². The van der Waals surface area contributed by atoms with Crippen molar-refractivity contribution >= 4 is 10.0 Å². The number of nitrogens with one attached hydrogen (secondary N) is 1. The predicted molar refractivity (Wildman–Crippen MR) is 80.5 cm³/mol. The highest BCUT2D eigenvalue weighted by atomic mass is 32.2. The van der Waals surface area contributed by atoms with Crippen LogP contribution in [0.5, 0.6) is 0 Å². The lowest BCUT2D eigenvalue weighted by atomic mass is 10.0. The SMILES string of the molecule is Cc1ccc(S(=O)(=O)N[C@@H](CC(C)C)/C(O)=C/[N+]#N)cc1. The second-order valence-corrected chi connectivity index (χ2v) is 7.00. The summed E-state index contributed by atoms with van der Waals surface area (Å²) in [6, 6.07) is 5.56. The molecule has 0 spiro atoms. The first-order chi connectivity index (χ1) is 9.76. The Hall–Kier alpha value is -1.91. The second kappa shape index (κ2) is 7.20. The Labute approximate surface area is 125 Å². The van der Waals surface area contributed by atoms with Gasteiger partial charge in [0.15, 0.2) is 10.7 Å². The van der Waals surface area contributed by atoms with Gasteiger partial charge in [-0.15, -0.1) is 0 Å². The van der Waals surface area contributed by atoms with E-state index in [4.69, 9.17) is 5.39 Å². The highest BCUT2D eigenvalue weighted by Gasteiger charge is 2.25. The third-order valence-corrected chi connectivity index (χ3v) is 4.37. The topological polar surface area (TPSA) is 94.6 Å². The lowest BCUT2D eigenvalue weighted by Crippen LogP contribution is -2.37. The molecule has 21 heavy (non-hydrogen) atoms. The van der Waals surface area contributed by atoms with Crippen LogP contribution < -0.4 is 4.72 Å². The first-order valence-corrected chi connectivity index (χ1v) is 8.07. The van der Waals surface area contributed by atoms with Gasteiger partial charge in [0, 0.05) is 0 Å². The van der Waals surface area contributed by atoms with E-state index in [1.807, 2.05) is 20.8 Å².